The fourth-order valence-electron chi connectivity index (χ4n) is 4.37. The Morgan fingerprint density at radius 2 is 1.78 bits per heavy atom. The van der Waals surface area contributed by atoms with Gasteiger partial charge in [0.1, 0.15) is 34.6 Å². The highest BCUT2D eigenvalue weighted by Gasteiger charge is 2.35. The molecular weight excluding hydrogens is 506 g/mol. The van der Waals surface area contributed by atoms with E-state index in [4.69, 9.17) is 25.8 Å². The molecule has 0 saturated carbocycles. The summed E-state index contributed by atoms with van der Waals surface area (Å²) in [6.45, 7) is 5.89. The van der Waals surface area contributed by atoms with Crippen molar-refractivity contribution in [2.75, 3.05) is 20.8 Å². The van der Waals surface area contributed by atoms with Crippen molar-refractivity contribution < 1.29 is 22.6 Å². The molecule has 0 bridgehead atoms. The van der Waals surface area contributed by atoms with Crippen LogP contribution in [0.25, 0.3) is 5.69 Å². The largest absolute Gasteiger partial charge is 0.494 e. The van der Waals surface area contributed by atoms with E-state index >= 15 is 0 Å². The zero-order valence-corrected chi connectivity index (χ0v) is 22.5. The molecule has 3 aromatic rings. The van der Waals surface area contributed by atoms with Gasteiger partial charge in [-0.05, 0) is 32.4 Å². The lowest BCUT2D eigenvalue weighted by Gasteiger charge is -2.21. The predicted molar refractivity (Wildman–Crippen MR) is 135 cm³/mol. The molecule has 36 heavy (non-hydrogen) atoms. The summed E-state index contributed by atoms with van der Waals surface area (Å²) < 4.78 is 46.0. The predicted octanol–water partition coefficient (Wildman–Crippen LogP) is 3.73. The van der Waals surface area contributed by atoms with Gasteiger partial charge >= 0.3 is 0 Å². The molecule has 1 saturated heterocycles. The molecule has 4 atom stereocenters. The van der Waals surface area contributed by atoms with E-state index in [9.17, 15) is 8.42 Å². The van der Waals surface area contributed by atoms with Crippen molar-refractivity contribution in [3.05, 3.63) is 53.1 Å². The maximum Gasteiger partial charge on any atom is 0.160 e. The van der Waals surface area contributed by atoms with E-state index in [1.54, 1.807) is 50.8 Å². The summed E-state index contributed by atoms with van der Waals surface area (Å²) in [6, 6.07) is 5.38. The average molecular weight is 536 g/mol. The van der Waals surface area contributed by atoms with Crippen LogP contribution in [0.15, 0.2) is 30.6 Å². The highest BCUT2D eigenvalue weighted by Crippen LogP contribution is 2.38. The fraction of sp³-hybridized carbons (Fsp3) is 0.500. The number of aromatic nitrogens is 5. The van der Waals surface area contributed by atoms with Crippen LogP contribution in [-0.4, -0.2) is 65.3 Å². The third kappa shape index (κ3) is 5.18. The molecule has 0 N–H and O–H groups in total. The lowest BCUT2D eigenvalue weighted by molar-refractivity contribution is 0.123. The molecule has 10 nitrogen and oxygen atoms in total. The Bertz CT molecular complexity index is 1290. The van der Waals surface area contributed by atoms with Gasteiger partial charge in [0, 0.05) is 24.2 Å². The standard InChI is InChI=1S/C24H30ClN5O5S/c1-14-9-17(12-35-14)24-29-28-21(30(24)22-19(33-4)7-6-8-20(22)34-5)13-36(31,32)16(3)15(2)23-26-10-18(25)11-27-23/h6-8,10-11,14-17H,9,12-13H2,1-5H3/t14-,15-,16-,17-/m0/s1. The first-order valence-electron chi connectivity index (χ1n) is 11.6. The van der Waals surface area contributed by atoms with E-state index in [1.807, 2.05) is 6.92 Å². The van der Waals surface area contributed by atoms with Crippen molar-refractivity contribution in [3.8, 4) is 17.2 Å². The van der Waals surface area contributed by atoms with Crippen molar-refractivity contribution in [2.24, 2.45) is 0 Å². The Morgan fingerprint density at radius 1 is 1.14 bits per heavy atom. The molecule has 3 heterocycles. The van der Waals surface area contributed by atoms with Crippen LogP contribution >= 0.6 is 11.6 Å². The number of hydrogen-bond acceptors (Lipinski definition) is 9. The van der Waals surface area contributed by atoms with E-state index in [0.29, 0.717) is 40.5 Å². The molecule has 0 unspecified atom stereocenters. The van der Waals surface area contributed by atoms with Crippen LogP contribution in [0.3, 0.4) is 0 Å². The minimum absolute atomic E-state index is 0.0580. The van der Waals surface area contributed by atoms with E-state index in [-0.39, 0.29) is 23.6 Å². The van der Waals surface area contributed by atoms with Crippen molar-refractivity contribution in [1.82, 2.24) is 24.7 Å². The van der Waals surface area contributed by atoms with Gasteiger partial charge in [-0.2, -0.15) is 0 Å². The van der Waals surface area contributed by atoms with Gasteiger partial charge in [-0.25, -0.2) is 18.4 Å². The normalized spacial score (nSPS) is 19.7. The van der Waals surface area contributed by atoms with E-state index in [2.05, 4.69) is 20.2 Å². The van der Waals surface area contributed by atoms with Crippen LogP contribution < -0.4 is 9.47 Å². The third-order valence-corrected chi connectivity index (χ3v) is 8.99. The first-order chi connectivity index (χ1) is 17.2. The molecule has 1 aromatic carbocycles. The molecule has 0 aliphatic carbocycles. The maximum absolute atomic E-state index is 13.6. The molecule has 0 spiro atoms. The second-order valence-electron chi connectivity index (χ2n) is 8.96. The molecule has 2 aromatic heterocycles. The summed E-state index contributed by atoms with van der Waals surface area (Å²) >= 11 is 5.89. The fourth-order valence-corrected chi connectivity index (χ4v) is 6.02. The molecule has 1 aliphatic rings. The van der Waals surface area contributed by atoms with Crippen LogP contribution in [0.2, 0.25) is 5.02 Å². The van der Waals surface area contributed by atoms with Gasteiger partial charge in [0.25, 0.3) is 0 Å². The first-order valence-corrected chi connectivity index (χ1v) is 13.7. The maximum atomic E-state index is 13.6. The van der Waals surface area contributed by atoms with Gasteiger partial charge < -0.3 is 14.2 Å². The minimum Gasteiger partial charge on any atom is -0.494 e. The molecule has 12 heteroatoms. The van der Waals surface area contributed by atoms with Crippen molar-refractivity contribution >= 4 is 21.4 Å². The van der Waals surface area contributed by atoms with Crippen LogP contribution in [0.1, 0.15) is 56.5 Å². The number of sulfone groups is 1. The van der Waals surface area contributed by atoms with Gasteiger partial charge in [0.15, 0.2) is 15.7 Å². The highest BCUT2D eigenvalue weighted by molar-refractivity contribution is 7.91. The number of hydrogen-bond donors (Lipinski definition) is 0. The zero-order valence-electron chi connectivity index (χ0n) is 20.9. The second kappa shape index (κ2) is 10.7. The molecule has 194 valence electrons. The monoisotopic (exact) mass is 535 g/mol. The lowest BCUT2D eigenvalue weighted by atomic mass is 10.1. The summed E-state index contributed by atoms with van der Waals surface area (Å²) in [5, 5.41) is 8.37. The van der Waals surface area contributed by atoms with Crippen molar-refractivity contribution in [3.63, 3.8) is 0 Å². The van der Waals surface area contributed by atoms with Crippen LogP contribution in [0.5, 0.6) is 11.5 Å². The Labute approximate surface area is 215 Å². The Balaban J connectivity index is 1.77. The van der Waals surface area contributed by atoms with E-state index in [1.165, 1.54) is 12.4 Å². The summed E-state index contributed by atoms with van der Waals surface area (Å²) in [5.41, 5.74) is 0.550. The van der Waals surface area contributed by atoms with E-state index < -0.39 is 21.0 Å². The molecule has 0 radical (unpaired) electrons. The molecule has 1 aliphatic heterocycles. The second-order valence-corrected chi connectivity index (χ2v) is 11.8. The Kier molecular flexibility index (Phi) is 7.82. The zero-order chi connectivity index (χ0) is 26.0. The summed E-state index contributed by atoms with van der Waals surface area (Å²) in [5.74, 6) is 1.43. The molecule has 1 fully saturated rings. The summed E-state index contributed by atoms with van der Waals surface area (Å²) in [4.78, 5) is 8.41. The van der Waals surface area contributed by atoms with Gasteiger partial charge in [-0.3, -0.25) is 4.57 Å². The number of halogens is 1. The molecular formula is C24H30ClN5O5S. The van der Waals surface area contributed by atoms with Gasteiger partial charge in [0.05, 0.1) is 37.2 Å². The number of rotatable bonds is 9. The Morgan fingerprint density at radius 3 is 2.33 bits per heavy atom. The summed E-state index contributed by atoms with van der Waals surface area (Å²) in [6.07, 6.45) is 3.72. The Hall–Kier alpha value is -2.76. The average Bonchev–Trinajstić information content (AvgIpc) is 3.48. The highest BCUT2D eigenvalue weighted by atomic mass is 35.5. The third-order valence-electron chi connectivity index (χ3n) is 6.59. The molecule has 4 rings (SSSR count). The van der Waals surface area contributed by atoms with Crippen LogP contribution in [0, 0.1) is 0 Å². The van der Waals surface area contributed by atoms with Crippen molar-refractivity contribution in [1.29, 1.82) is 0 Å². The van der Waals surface area contributed by atoms with Crippen molar-refractivity contribution in [2.45, 2.75) is 56.1 Å². The quantitative estimate of drug-likeness (QED) is 0.403. The topological polar surface area (TPSA) is 118 Å². The number of benzene rings is 1. The van der Waals surface area contributed by atoms with E-state index in [0.717, 1.165) is 6.42 Å². The number of para-hydroxylation sites is 1. The molecule has 0 amide bonds. The SMILES string of the molecule is COc1cccc(OC)c1-n1c(CS(=O)(=O)[C@@H](C)[C@H](C)c2ncc(Cl)cn2)nnc1[C@@H]1CO[C@@H](C)C1. The van der Waals surface area contributed by atoms with Gasteiger partial charge in [-0.1, -0.05) is 24.6 Å². The van der Waals surface area contributed by atoms with Gasteiger partial charge in [0.2, 0.25) is 0 Å². The minimum atomic E-state index is -3.71. The summed E-state index contributed by atoms with van der Waals surface area (Å²) in [7, 11) is -0.609. The lowest BCUT2D eigenvalue weighted by Crippen LogP contribution is -2.27. The van der Waals surface area contributed by atoms with Crippen LogP contribution in [0.4, 0.5) is 0 Å². The van der Waals surface area contributed by atoms with Gasteiger partial charge in [-0.15, -0.1) is 10.2 Å². The smallest absolute Gasteiger partial charge is 0.160 e. The number of ether oxygens (including phenoxy) is 3. The van der Waals surface area contributed by atoms with Crippen LogP contribution in [-0.2, 0) is 20.3 Å². The number of nitrogens with zero attached hydrogens (tertiary/aromatic N) is 5. The first kappa shape index (κ1) is 26.3. The number of methoxy groups -OCH3 is 2.